The van der Waals surface area contributed by atoms with Crippen LogP contribution in [0.5, 0.6) is 11.5 Å². The summed E-state index contributed by atoms with van der Waals surface area (Å²) in [4.78, 5) is 13.1. The van der Waals surface area contributed by atoms with Crippen molar-refractivity contribution in [1.29, 1.82) is 0 Å². The highest BCUT2D eigenvalue weighted by molar-refractivity contribution is 5.89. The molecule has 1 heterocycles. The molecule has 1 fully saturated rings. The lowest BCUT2D eigenvalue weighted by atomic mass is 9.63. The Morgan fingerprint density at radius 3 is 2.44 bits per heavy atom. The number of hydrogen-bond acceptors (Lipinski definition) is 3. The van der Waals surface area contributed by atoms with Gasteiger partial charge in [0.25, 0.3) is 0 Å². The Bertz CT molecular complexity index is 768. The van der Waals surface area contributed by atoms with Gasteiger partial charge in [0, 0.05) is 0 Å². The molecule has 4 rings (SSSR count). The Morgan fingerprint density at radius 1 is 1.04 bits per heavy atom. The SMILES string of the molecule is CC(NC(=O)C1(c2ccccc2)CCC1)c1ccc2c(c1)OCCO2. The molecule has 2 aromatic carbocycles. The van der Waals surface area contributed by atoms with Crippen molar-refractivity contribution >= 4 is 5.91 Å². The first-order chi connectivity index (χ1) is 12.2. The number of carbonyl (C=O) groups is 1. The van der Waals surface area contributed by atoms with Crippen molar-refractivity contribution in [1.82, 2.24) is 5.32 Å². The maximum Gasteiger partial charge on any atom is 0.231 e. The smallest absolute Gasteiger partial charge is 0.231 e. The number of amides is 1. The lowest BCUT2D eigenvalue weighted by Crippen LogP contribution is -2.49. The minimum absolute atomic E-state index is 0.0792. The van der Waals surface area contributed by atoms with E-state index in [-0.39, 0.29) is 17.4 Å². The zero-order chi connectivity index (χ0) is 17.3. The molecule has 0 aromatic heterocycles. The zero-order valence-electron chi connectivity index (χ0n) is 14.5. The Hall–Kier alpha value is -2.49. The van der Waals surface area contributed by atoms with Crippen LogP contribution >= 0.6 is 0 Å². The second kappa shape index (κ2) is 6.43. The van der Waals surface area contributed by atoms with Gasteiger partial charge in [-0.05, 0) is 43.0 Å². The highest BCUT2D eigenvalue weighted by Crippen LogP contribution is 2.44. The first-order valence-corrected chi connectivity index (χ1v) is 8.95. The predicted molar refractivity (Wildman–Crippen MR) is 96.0 cm³/mol. The molecule has 0 saturated heterocycles. The summed E-state index contributed by atoms with van der Waals surface area (Å²) in [6.45, 7) is 3.16. The summed E-state index contributed by atoms with van der Waals surface area (Å²) in [7, 11) is 0. The van der Waals surface area contributed by atoms with E-state index in [0.717, 1.165) is 41.9 Å². The number of nitrogens with one attached hydrogen (secondary N) is 1. The van der Waals surface area contributed by atoms with E-state index in [2.05, 4.69) is 17.4 Å². The third-order valence-electron chi connectivity index (χ3n) is 5.38. The number of fused-ring (bicyclic) bond motifs is 1. The van der Waals surface area contributed by atoms with Gasteiger partial charge in [-0.25, -0.2) is 0 Å². The molecule has 0 radical (unpaired) electrons. The van der Waals surface area contributed by atoms with Gasteiger partial charge < -0.3 is 14.8 Å². The standard InChI is InChI=1S/C21H23NO3/c1-15(16-8-9-18-19(14-16)25-13-12-24-18)22-20(23)21(10-5-11-21)17-6-3-2-4-7-17/h2-4,6-9,14-15H,5,10-13H2,1H3,(H,22,23). The van der Waals surface area contributed by atoms with Crippen molar-refractivity contribution in [2.24, 2.45) is 0 Å². The second-order valence-corrected chi connectivity index (χ2v) is 6.90. The van der Waals surface area contributed by atoms with Crippen molar-refractivity contribution < 1.29 is 14.3 Å². The van der Waals surface area contributed by atoms with Crippen LogP contribution in [-0.4, -0.2) is 19.1 Å². The van der Waals surface area contributed by atoms with E-state index in [0.29, 0.717) is 13.2 Å². The molecule has 2 aromatic rings. The first kappa shape index (κ1) is 16.0. The number of rotatable bonds is 4. The van der Waals surface area contributed by atoms with Crippen LogP contribution < -0.4 is 14.8 Å². The van der Waals surface area contributed by atoms with E-state index in [1.165, 1.54) is 0 Å². The van der Waals surface area contributed by atoms with E-state index in [4.69, 9.17) is 9.47 Å². The van der Waals surface area contributed by atoms with Crippen LogP contribution in [0.4, 0.5) is 0 Å². The van der Waals surface area contributed by atoms with Gasteiger partial charge in [0.1, 0.15) is 13.2 Å². The molecule has 1 N–H and O–H groups in total. The summed E-state index contributed by atoms with van der Waals surface area (Å²) in [5.41, 5.74) is 1.77. The fraction of sp³-hybridized carbons (Fsp3) is 0.381. The van der Waals surface area contributed by atoms with Gasteiger partial charge in [0.05, 0.1) is 11.5 Å². The number of benzene rings is 2. The van der Waals surface area contributed by atoms with Crippen LogP contribution in [0.25, 0.3) is 0 Å². The van der Waals surface area contributed by atoms with Crippen LogP contribution in [0, 0.1) is 0 Å². The Labute approximate surface area is 148 Å². The number of ether oxygens (including phenoxy) is 2. The van der Waals surface area contributed by atoms with Crippen molar-refractivity contribution in [2.45, 2.75) is 37.6 Å². The van der Waals surface area contributed by atoms with E-state index in [1.54, 1.807) is 0 Å². The molecule has 1 amide bonds. The normalized spacial score (nSPS) is 18.8. The molecule has 4 heteroatoms. The lowest BCUT2D eigenvalue weighted by molar-refractivity contribution is -0.130. The molecule has 25 heavy (non-hydrogen) atoms. The van der Waals surface area contributed by atoms with Gasteiger partial charge in [0.2, 0.25) is 5.91 Å². The zero-order valence-corrected chi connectivity index (χ0v) is 14.5. The molecule has 0 spiro atoms. The summed E-state index contributed by atoms with van der Waals surface area (Å²) < 4.78 is 11.2. The average Bonchev–Trinajstić information content (AvgIpc) is 2.61. The maximum atomic E-state index is 13.1. The van der Waals surface area contributed by atoms with Crippen LogP contribution in [0.1, 0.15) is 43.4 Å². The monoisotopic (exact) mass is 337 g/mol. The van der Waals surface area contributed by atoms with Gasteiger partial charge in [0.15, 0.2) is 11.5 Å². The second-order valence-electron chi connectivity index (χ2n) is 6.90. The molecule has 0 bridgehead atoms. The van der Waals surface area contributed by atoms with Crippen LogP contribution in [0.15, 0.2) is 48.5 Å². The molecular formula is C21H23NO3. The van der Waals surface area contributed by atoms with E-state index in [9.17, 15) is 4.79 Å². The third kappa shape index (κ3) is 2.86. The first-order valence-electron chi connectivity index (χ1n) is 8.95. The quantitative estimate of drug-likeness (QED) is 0.924. The van der Waals surface area contributed by atoms with Crippen LogP contribution in [0.3, 0.4) is 0 Å². The van der Waals surface area contributed by atoms with Crippen LogP contribution in [-0.2, 0) is 10.2 Å². The lowest BCUT2D eigenvalue weighted by Gasteiger charge is -2.41. The van der Waals surface area contributed by atoms with Gasteiger partial charge in [-0.15, -0.1) is 0 Å². The van der Waals surface area contributed by atoms with Gasteiger partial charge >= 0.3 is 0 Å². The highest BCUT2D eigenvalue weighted by atomic mass is 16.6. The minimum atomic E-state index is -0.372. The predicted octanol–water partition coefficient (Wildman–Crippen LogP) is 3.76. The topological polar surface area (TPSA) is 47.6 Å². The van der Waals surface area contributed by atoms with Crippen molar-refractivity contribution in [3.05, 3.63) is 59.7 Å². The Morgan fingerprint density at radius 2 is 1.76 bits per heavy atom. The fourth-order valence-electron chi connectivity index (χ4n) is 3.68. The van der Waals surface area contributed by atoms with Crippen molar-refractivity contribution in [3.63, 3.8) is 0 Å². The van der Waals surface area contributed by atoms with Gasteiger partial charge in [-0.2, -0.15) is 0 Å². The summed E-state index contributed by atoms with van der Waals surface area (Å²) in [6.07, 6.45) is 2.92. The van der Waals surface area contributed by atoms with E-state index >= 15 is 0 Å². The highest BCUT2D eigenvalue weighted by Gasteiger charge is 2.45. The van der Waals surface area contributed by atoms with Gasteiger partial charge in [-0.1, -0.05) is 42.8 Å². The third-order valence-corrected chi connectivity index (χ3v) is 5.38. The van der Waals surface area contributed by atoms with E-state index < -0.39 is 0 Å². The summed E-state index contributed by atoms with van der Waals surface area (Å²) in [6, 6.07) is 15.9. The molecule has 2 aliphatic rings. The molecule has 4 nitrogen and oxygen atoms in total. The van der Waals surface area contributed by atoms with E-state index in [1.807, 2.05) is 43.3 Å². The molecule has 1 unspecified atom stereocenters. The van der Waals surface area contributed by atoms with Crippen molar-refractivity contribution in [2.75, 3.05) is 13.2 Å². The Balaban J connectivity index is 1.52. The molecule has 1 atom stereocenters. The van der Waals surface area contributed by atoms with Crippen LogP contribution in [0.2, 0.25) is 0 Å². The average molecular weight is 337 g/mol. The molecule has 130 valence electrons. The molecule has 1 saturated carbocycles. The largest absolute Gasteiger partial charge is 0.486 e. The van der Waals surface area contributed by atoms with Gasteiger partial charge in [-0.3, -0.25) is 4.79 Å². The summed E-state index contributed by atoms with van der Waals surface area (Å²) in [5, 5.41) is 3.21. The maximum absolute atomic E-state index is 13.1. The summed E-state index contributed by atoms with van der Waals surface area (Å²) in [5.74, 6) is 1.65. The number of hydrogen-bond donors (Lipinski definition) is 1. The number of carbonyl (C=O) groups excluding carboxylic acids is 1. The Kier molecular flexibility index (Phi) is 4.12. The summed E-state index contributed by atoms with van der Waals surface area (Å²) >= 11 is 0. The fourth-order valence-corrected chi connectivity index (χ4v) is 3.68. The molecule has 1 aliphatic carbocycles. The molecule has 1 aliphatic heterocycles. The van der Waals surface area contributed by atoms with Crippen molar-refractivity contribution in [3.8, 4) is 11.5 Å². The minimum Gasteiger partial charge on any atom is -0.486 e. The molecular weight excluding hydrogens is 314 g/mol.